The number of aliphatic hydroxyl groups excluding tert-OH is 1. The molecule has 2 atom stereocenters. The first-order valence-corrected chi connectivity index (χ1v) is 11.4. The number of morpholine rings is 1. The van der Waals surface area contributed by atoms with E-state index in [0.29, 0.717) is 0 Å². The molecule has 12 nitrogen and oxygen atoms in total. The second kappa shape index (κ2) is 7.89. The van der Waals surface area contributed by atoms with Crippen LogP contribution in [0.1, 0.15) is 5.69 Å². The molecule has 4 heterocycles. The number of carbonyl (C=O) groups is 1. The van der Waals surface area contributed by atoms with Crippen LogP contribution in [0.2, 0.25) is 0 Å². The van der Waals surface area contributed by atoms with Gasteiger partial charge in [0.2, 0.25) is 0 Å². The highest BCUT2D eigenvalue weighted by Crippen LogP contribution is 2.35. The number of hydrogen-bond donors (Lipinski definition) is 3. The van der Waals surface area contributed by atoms with Gasteiger partial charge in [0.25, 0.3) is 15.9 Å². The van der Waals surface area contributed by atoms with Crippen molar-refractivity contribution in [3.8, 4) is 0 Å². The zero-order valence-corrected chi connectivity index (χ0v) is 18.2. The molecular formula is C19H15F3N6O6S. The molecule has 184 valence electrons. The SMILES string of the molecule is Nc1noc2cc3c(cc12)S(=O)(=O)N=C([C@H](O)[C@H]1OCCN(c2cccc(C(F)(F)F)n2)C1=O)N3. The number of ether oxygens (including phenoxy) is 1. The maximum atomic E-state index is 13.0. The molecule has 1 aromatic carbocycles. The molecule has 1 fully saturated rings. The fraction of sp³-hybridized carbons (Fsp3) is 0.263. The van der Waals surface area contributed by atoms with Crippen molar-refractivity contribution in [2.75, 3.05) is 29.1 Å². The second-order valence-electron chi connectivity index (χ2n) is 7.59. The van der Waals surface area contributed by atoms with Gasteiger partial charge in [-0.05, 0) is 18.2 Å². The Balaban J connectivity index is 1.45. The summed E-state index contributed by atoms with van der Waals surface area (Å²) in [7, 11) is -4.34. The molecule has 1 amide bonds. The molecule has 5 rings (SSSR count). The number of aromatic nitrogens is 2. The molecule has 3 aromatic rings. The van der Waals surface area contributed by atoms with Crippen LogP contribution in [-0.4, -0.2) is 60.8 Å². The van der Waals surface area contributed by atoms with Crippen LogP contribution < -0.4 is 16.0 Å². The third-order valence-electron chi connectivity index (χ3n) is 5.35. The Kier molecular flexibility index (Phi) is 5.19. The van der Waals surface area contributed by atoms with E-state index in [1.165, 1.54) is 18.2 Å². The minimum Gasteiger partial charge on any atom is -0.382 e. The van der Waals surface area contributed by atoms with Crippen molar-refractivity contribution in [2.45, 2.75) is 23.3 Å². The van der Waals surface area contributed by atoms with Crippen molar-refractivity contribution < 1.29 is 40.8 Å². The number of fused-ring (bicyclic) bond motifs is 2. The number of aliphatic hydroxyl groups is 1. The van der Waals surface area contributed by atoms with Gasteiger partial charge in [0.05, 0.1) is 24.2 Å². The molecule has 4 N–H and O–H groups in total. The Labute approximate surface area is 194 Å². The number of alkyl halides is 3. The average Bonchev–Trinajstić information content (AvgIpc) is 3.16. The summed E-state index contributed by atoms with van der Waals surface area (Å²) >= 11 is 0. The van der Waals surface area contributed by atoms with Crippen LogP contribution in [0.4, 0.5) is 30.5 Å². The molecule has 1 saturated heterocycles. The largest absolute Gasteiger partial charge is 0.433 e. The van der Waals surface area contributed by atoms with Crippen LogP contribution in [0.5, 0.6) is 0 Å². The van der Waals surface area contributed by atoms with Gasteiger partial charge in [0.1, 0.15) is 22.5 Å². The van der Waals surface area contributed by atoms with E-state index in [2.05, 4.69) is 19.9 Å². The van der Waals surface area contributed by atoms with Crippen LogP contribution >= 0.6 is 0 Å². The van der Waals surface area contributed by atoms with Crippen LogP contribution in [0, 0.1) is 0 Å². The fourth-order valence-electron chi connectivity index (χ4n) is 3.70. The Morgan fingerprint density at radius 1 is 1.29 bits per heavy atom. The van der Waals surface area contributed by atoms with E-state index in [-0.39, 0.29) is 46.3 Å². The number of nitrogens with one attached hydrogen (secondary N) is 1. The molecule has 2 aliphatic heterocycles. The Morgan fingerprint density at radius 3 is 2.80 bits per heavy atom. The molecule has 0 bridgehead atoms. The van der Waals surface area contributed by atoms with Gasteiger partial charge in [-0.3, -0.25) is 9.69 Å². The average molecular weight is 512 g/mol. The Bertz CT molecular complexity index is 1490. The van der Waals surface area contributed by atoms with Gasteiger partial charge >= 0.3 is 6.18 Å². The lowest BCUT2D eigenvalue weighted by molar-refractivity contribution is -0.142. The normalized spacial score (nSPS) is 20.8. The molecule has 0 aliphatic carbocycles. The Hall–Kier alpha value is -3.76. The first-order chi connectivity index (χ1) is 16.5. The van der Waals surface area contributed by atoms with Crippen molar-refractivity contribution in [3.63, 3.8) is 0 Å². The molecular weight excluding hydrogens is 497 g/mol. The van der Waals surface area contributed by atoms with Gasteiger partial charge in [-0.1, -0.05) is 11.2 Å². The maximum Gasteiger partial charge on any atom is 0.433 e. The van der Waals surface area contributed by atoms with Crippen molar-refractivity contribution in [1.82, 2.24) is 10.1 Å². The number of amides is 1. The lowest BCUT2D eigenvalue weighted by Gasteiger charge is -2.34. The maximum absolute atomic E-state index is 13.0. The van der Waals surface area contributed by atoms with E-state index in [9.17, 15) is 31.5 Å². The Morgan fingerprint density at radius 2 is 2.06 bits per heavy atom. The van der Waals surface area contributed by atoms with E-state index < -0.39 is 45.8 Å². The summed E-state index contributed by atoms with van der Waals surface area (Å²) in [6.45, 7) is -0.303. The number of nitrogens with zero attached hydrogens (tertiary/aromatic N) is 4. The van der Waals surface area contributed by atoms with Gasteiger partial charge < -0.3 is 25.4 Å². The number of hydrogen-bond acceptors (Lipinski definition) is 10. The summed E-state index contributed by atoms with van der Waals surface area (Å²) in [6.07, 6.45) is -8.31. The monoisotopic (exact) mass is 512 g/mol. The highest BCUT2D eigenvalue weighted by Gasteiger charge is 2.42. The molecule has 2 aromatic heterocycles. The van der Waals surface area contributed by atoms with Crippen molar-refractivity contribution in [2.24, 2.45) is 4.40 Å². The predicted molar refractivity (Wildman–Crippen MR) is 114 cm³/mol. The first-order valence-electron chi connectivity index (χ1n) is 9.92. The van der Waals surface area contributed by atoms with Crippen LogP contribution in [0.15, 0.2) is 44.1 Å². The third-order valence-corrected chi connectivity index (χ3v) is 6.68. The van der Waals surface area contributed by atoms with Gasteiger partial charge in [-0.15, -0.1) is 4.40 Å². The predicted octanol–water partition coefficient (Wildman–Crippen LogP) is 1.13. The molecule has 35 heavy (non-hydrogen) atoms. The summed E-state index contributed by atoms with van der Waals surface area (Å²) < 4.78 is 78.6. The van der Waals surface area contributed by atoms with Crippen molar-refractivity contribution >= 4 is 50.1 Å². The molecule has 0 unspecified atom stereocenters. The van der Waals surface area contributed by atoms with Crippen molar-refractivity contribution in [1.29, 1.82) is 0 Å². The number of nitrogen functional groups attached to an aromatic ring is 1. The number of sulfonamides is 1. The quantitative estimate of drug-likeness (QED) is 0.462. The van der Waals surface area contributed by atoms with Gasteiger partial charge in [0, 0.05) is 6.07 Å². The minimum atomic E-state index is -4.73. The summed E-state index contributed by atoms with van der Waals surface area (Å²) in [5.41, 5.74) is 4.60. The number of nitrogens with two attached hydrogens (primary N) is 1. The lowest BCUT2D eigenvalue weighted by atomic mass is 10.1. The summed E-state index contributed by atoms with van der Waals surface area (Å²) in [6, 6.07) is 5.53. The summed E-state index contributed by atoms with van der Waals surface area (Å²) in [5.74, 6) is -1.78. The van der Waals surface area contributed by atoms with Gasteiger partial charge in [-0.25, -0.2) is 4.98 Å². The minimum absolute atomic E-state index is 0.0163. The highest BCUT2D eigenvalue weighted by molar-refractivity contribution is 7.90. The van der Waals surface area contributed by atoms with Gasteiger partial charge in [0.15, 0.2) is 23.3 Å². The van der Waals surface area contributed by atoms with E-state index >= 15 is 0 Å². The topological polar surface area (TPSA) is 173 Å². The molecule has 0 saturated carbocycles. The van der Waals surface area contributed by atoms with Crippen LogP contribution in [0.3, 0.4) is 0 Å². The van der Waals surface area contributed by atoms with Gasteiger partial charge in [-0.2, -0.15) is 21.6 Å². The number of benzene rings is 1. The summed E-state index contributed by atoms with van der Waals surface area (Å²) in [4.78, 5) is 17.1. The van der Waals surface area contributed by atoms with Crippen LogP contribution in [-0.2, 0) is 25.7 Å². The van der Waals surface area contributed by atoms with E-state index in [1.807, 2.05) is 0 Å². The fourth-order valence-corrected chi connectivity index (χ4v) is 4.86. The number of pyridine rings is 1. The number of rotatable bonds is 3. The molecule has 0 radical (unpaired) electrons. The summed E-state index contributed by atoms with van der Waals surface area (Å²) in [5, 5.41) is 17.2. The molecule has 0 spiro atoms. The zero-order chi connectivity index (χ0) is 25.1. The number of amidine groups is 1. The molecule has 2 aliphatic rings. The first kappa shape index (κ1) is 23.0. The smallest absolute Gasteiger partial charge is 0.382 e. The lowest BCUT2D eigenvalue weighted by Crippen LogP contribution is -2.56. The van der Waals surface area contributed by atoms with Crippen molar-refractivity contribution in [3.05, 3.63) is 36.0 Å². The third kappa shape index (κ3) is 3.94. The van der Waals surface area contributed by atoms with E-state index in [4.69, 9.17) is 15.0 Å². The number of carbonyl (C=O) groups excluding carboxylic acids is 1. The van der Waals surface area contributed by atoms with E-state index in [1.54, 1.807) is 0 Å². The van der Waals surface area contributed by atoms with E-state index in [0.717, 1.165) is 17.0 Å². The second-order valence-corrected chi connectivity index (χ2v) is 9.17. The standard InChI is InChI=1S/C19H15F3N6O6S/c20-19(21,22)12-2-1-3-13(25-12)28-4-5-33-15(18(28)30)14(29)17-24-9-7-10-8(16(23)26-34-10)6-11(9)35(31,32)27-17/h1-3,6-7,14-15,29H,4-5H2,(H2,23,26)(H,24,27)/t14-,15-/m1/s1. The number of halogens is 3. The molecule has 16 heteroatoms. The highest BCUT2D eigenvalue weighted by atomic mass is 32.2. The van der Waals surface area contributed by atoms with Crippen LogP contribution in [0.25, 0.3) is 11.0 Å². The zero-order valence-electron chi connectivity index (χ0n) is 17.4. The number of anilines is 3.